The molecule has 0 atom stereocenters. The molecule has 2 aromatic rings. The second-order valence-electron chi connectivity index (χ2n) is 8.69. The van der Waals surface area contributed by atoms with E-state index in [4.69, 9.17) is 4.74 Å². The third-order valence-corrected chi connectivity index (χ3v) is 5.82. The number of aromatic nitrogens is 5. The van der Waals surface area contributed by atoms with Crippen LogP contribution in [0, 0.1) is 5.41 Å². The van der Waals surface area contributed by atoms with Crippen molar-refractivity contribution in [3.8, 4) is 0 Å². The Balaban J connectivity index is 1.45. The molecule has 1 aliphatic carbocycles. The van der Waals surface area contributed by atoms with Crippen LogP contribution >= 0.6 is 0 Å². The van der Waals surface area contributed by atoms with Crippen molar-refractivity contribution in [2.24, 2.45) is 5.41 Å². The molecule has 152 valence electrons. The van der Waals surface area contributed by atoms with Gasteiger partial charge in [0.1, 0.15) is 5.82 Å². The monoisotopic (exact) mass is 386 g/mol. The summed E-state index contributed by atoms with van der Waals surface area (Å²) in [5, 5.41) is 9.10. The van der Waals surface area contributed by atoms with Crippen LogP contribution in [0.15, 0.2) is 18.7 Å². The van der Waals surface area contributed by atoms with Crippen molar-refractivity contribution >= 4 is 5.91 Å². The van der Waals surface area contributed by atoms with Gasteiger partial charge in [-0.15, -0.1) is 10.2 Å². The van der Waals surface area contributed by atoms with E-state index in [2.05, 4.69) is 19.7 Å². The second kappa shape index (κ2) is 7.66. The van der Waals surface area contributed by atoms with Crippen LogP contribution in [-0.4, -0.2) is 61.9 Å². The molecule has 2 aliphatic rings. The van der Waals surface area contributed by atoms with Crippen LogP contribution in [0.1, 0.15) is 63.1 Å². The number of carbonyl (C=O) groups excluding carboxylic acids is 1. The Morgan fingerprint density at radius 3 is 2.57 bits per heavy atom. The molecule has 2 fully saturated rings. The maximum absolute atomic E-state index is 12.8. The van der Waals surface area contributed by atoms with Crippen molar-refractivity contribution in [3.63, 3.8) is 0 Å². The zero-order valence-electron chi connectivity index (χ0n) is 17.0. The van der Waals surface area contributed by atoms with Gasteiger partial charge >= 0.3 is 0 Å². The lowest BCUT2D eigenvalue weighted by molar-refractivity contribution is -0.144. The number of methoxy groups -OCH3 is 1. The predicted molar refractivity (Wildman–Crippen MR) is 104 cm³/mol. The van der Waals surface area contributed by atoms with Gasteiger partial charge in [0.05, 0.1) is 24.9 Å². The summed E-state index contributed by atoms with van der Waals surface area (Å²) >= 11 is 0. The summed E-state index contributed by atoms with van der Waals surface area (Å²) in [7, 11) is 1.65. The zero-order valence-corrected chi connectivity index (χ0v) is 17.0. The highest BCUT2D eigenvalue weighted by molar-refractivity contribution is 5.82. The molecule has 4 rings (SSSR count). The van der Waals surface area contributed by atoms with Crippen LogP contribution in [0.5, 0.6) is 0 Å². The van der Waals surface area contributed by atoms with Crippen LogP contribution in [0.25, 0.3) is 0 Å². The number of carbonyl (C=O) groups is 1. The Kier molecular flexibility index (Phi) is 5.23. The molecule has 2 aromatic heterocycles. The molecule has 1 saturated carbocycles. The summed E-state index contributed by atoms with van der Waals surface area (Å²) in [5.41, 5.74) is -0.479. The number of hydrogen-bond donors (Lipinski definition) is 0. The van der Waals surface area contributed by atoms with E-state index < -0.39 is 5.41 Å². The van der Waals surface area contributed by atoms with Gasteiger partial charge in [-0.25, -0.2) is 4.98 Å². The Labute approximate surface area is 165 Å². The lowest BCUT2D eigenvalue weighted by Crippen LogP contribution is -2.46. The van der Waals surface area contributed by atoms with Gasteiger partial charge < -0.3 is 18.8 Å². The lowest BCUT2D eigenvalue weighted by atomic mass is 9.89. The van der Waals surface area contributed by atoms with Gasteiger partial charge in [0.2, 0.25) is 5.91 Å². The molecule has 0 N–H and O–H groups in total. The summed E-state index contributed by atoms with van der Waals surface area (Å²) in [6.07, 6.45) is 9.83. The number of hydrogen-bond acceptors (Lipinski definition) is 5. The van der Waals surface area contributed by atoms with Crippen molar-refractivity contribution < 1.29 is 9.53 Å². The van der Waals surface area contributed by atoms with Gasteiger partial charge in [-0.05, 0) is 39.5 Å². The Morgan fingerprint density at radius 2 is 1.96 bits per heavy atom. The molecule has 0 aromatic carbocycles. The Hall–Kier alpha value is -2.22. The predicted octanol–water partition coefficient (Wildman–Crippen LogP) is 2.24. The molecule has 28 heavy (non-hydrogen) atoms. The number of nitrogens with zero attached hydrogens (tertiary/aromatic N) is 6. The SMILES string of the molecule is COCC(C)(C)C(=O)N1CCC(c2nnc(Cn3ccnc3)n2C2CC2)CC1. The average Bonchev–Trinajstić information content (AvgIpc) is 3.22. The summed E-state index contributed by atoms with van der Waals surface area (Å²) in [4.78, 5) is 18.9. The van der Waals surface area contributed by atoms with E-state index in [9.17, 15) is 4.79 Å². The molecule has 1 amide bonds. The maximum Gasteiger partial charge on any atom is 0.230 e. The van der Waals surface area contributed by atoms with E-state index in [1.807, 2.05) is 35.8 Å². The largest absolute Gasteiger partial charge is 0.384 e. The van der Waals surface area contributed by atoms with E-state index in [1.54, 1.807) is 13.3 Å². The molecule has 3 heterocycles. The summed E-state index contributed by atoms with van der Waals surface area (Å²) < 4.78 is 9.62. The van der Waals surface area contributed by atoms with Crippen molar-refractivity contribution in [2.75, 3.05) is 26.8 Å². The molecule has 0 bridgehead atoms. The highest BCUT2D eigenvalue weighted by Gasteiger charge is 2.37. The van der Waals surface area contributed by atoms with E-state index in [1.165, 1.54) is 12.8 Å². The maximum atomic E-state index is 12.8. The normalized spacial score (nSPS) is 18.6. The number of likely N-dealkylation sites (tertiary alicyclic amines) is 1. The minimum absolute atomic E-state index is 0.178. The molecule has 8 heteroatoms. The van der Waals surface area contributed by atoms with Crippen molar-refractivity contribution in [3.05, 3.63) is 30.4 Å². The van der Waals surface area contributed by atoms with Gasteiger partial charge in [-0.1, -0.05) is 0 Å². The van der Waals surface area contributed by atoms with Gasteiger partial charge in [-0.3, -0.25) is 4.79 Å². The number of amides is 1. The Bertz CT molecular complexity index is 801. The molecule has 0 spiro atoms. The minimum Gasteiger partial charge on any atom is -0.384 e. The fourth-order valence-corrected chi connectivity index (χ4v) is 4.19. The highest BCUT2D eigenvalue weighted by atomic mass is 16.5. The quantitative estimate of drug-likeness (QED) is 0.729. The number of rotatable bonds is 7. The van der Waals surface area contributed by atoms with E-state index in [0.29, 0.717) is 25.1 Å². The van der Waals surface area contributed by atoms with Gasteiger partial charge in [0.25, 0.3) is 0 Å². The van der Waals surface area contributed by atoms with Crippen molar-refractivity contribution in [2.45, 2.75) is 58.0 Å². The average molecular weight is 387 g/mol. The highest BCUT2D eigenvalue weighted by Crippen LogP contribution is 2.40. The number of imidazole rings is 1. The third kappa shape index (κ3) is 3.83. The Morgan fingerprint density at radius 1 is 1.21 bits per heavy atom. The van der Waals surface area contributed by atoms with Crippen LogP contribution in [0.3, 0.4) is 0 Å². The first-order chi connectivity index (χ1) is 13.5. The van der Waals surface area contributed by atoms with E-state index in [-0.39, 0.29) is 5.91 Å². The summed E-state index contributed by atoms with van der Waals surface area (Å²) in [5.74, 6) is 2.65. The first kappa shape index (κ1) is 19.1. The minimum atomic E-state index is -0.479. The lowest BCUT2D eigenvalue weighted by Gasteiger charge is -2.36. The third-order valence-electron chi connectivity index (χ3n) is 5.82. The first-order valence-corrected chi connectivity index (χ1v) is 10.2. The standard InChI is InChI=1S/C20H30N6O2/c1-20(2,13-28-3)19(27)25-9-6-15(7-10-25)18-23-22-17(26(18)16-4-5-16)12-24-11-8-21-14-24/h8,11,14-16H,4-7,9-10,12-13H2,1-3H3. The fourth-order valence-electron chi connectivity index (χ4n) is 4.19. The molecule has 8 nitrogen and oxygen atoms in total. The first-order valence-electron chi connectivity index (χ1n) is 10.2. The topological polar surface area (TPSA) is 78.1 Å². The molecule has 0 unspecified atom stereocenters. The molecule has 0 radical (unpaired) electrons. The van der Waals surface area contributed by atoms with Gasteiger partial charge in [0.15, 0.2) is 5.82 Å². The zero-order chi connectivity index (χ0) is 19.7. The van der Waals surface area contributed by atoms with Crippen LogP contribution in [-0.2, 0) is 16.1 Å². The number of ether oxygens (including phenoxy) is 1. The van der Waals surface area contributed by atoms with Crippen LogP contribution in [0.2, 0.25) is 0 Å². The summed E-state index contributed by atoms with van der Waals surface area (Å²) in [6.45, 7) is 6.59. The van der Waals surface area contributed by atoms with Crippen LogP contribution < -0.4 is 0 Å². The smallest absolute Gasteiger partial charge is 0.230 e. The van der Waals surface area contributed by atoms with Gasteiger partial charge in [0, 0.05) is 44.6 Å². The molecule has 1 saturated heterocycles. The van der Waals surface area contributed by atoms with Gasteiger partial charge in [-0.2, -0.15) is 0 Å². The van der Waals surface area contributed by atoms with E-state index >= 15 is 0 Å². The molecular formula is C20H30N6O2. The molecular weight excluding hydrogens is 356 g/mol. The fraction of sp³-hybridized carbons (Fsp3) is 0.700. The van der Waals surface area contributed by atoms with Crippen molar-refractivity contribution in [1.29, 1.82) is 0 Å². The van der Waals surface area contributed by atoms with E-state index in [0.717, 1.165) is 37.6 Å². The van der Waals surface area contributed by atoms with Crippen LogP contribution in [0.4, 0.5) is 0 Å². The molecule has 1 aliphatic heterocycles. The summed E-state index contributed by atoms with van der Waals surface area (Å²) in [6, 6.07) is 0.531. The second-order valence-corrected chi connectivity index (χ2v) is 8.69. The number of piperidine rings is 1. The van der Waals surface area contributed by atoms with Crippen molar-refractivity contribution in [1.82, 2.24) is 29.2 Å².